The smallest absolute Gasteiger partial charge is 0.135 e. The molecule has 0 unspecified atom stereocenters. The Labute approximate surface area is 112 Å². The van der Waals surface area contributed by atoms with Gasteiger partial charge in [-0.1, -0.05) is 30.1 Å². The first kappa shape index (κ1) is 14.7. The molecule has 0 bridgehead atoms. The molecule has 0 amide bonds. The Morgan fingerprint density at radius 2 is 2.06 bits per heavy atom. The Hall–Kier alpha value is -0.350. The summed E-state index contributed by atoms with van der Waals surface area (Å²) in [5.74, 6) is 0. The van der Waals surface area contributed by atoms with Crippen molar-refractivity contribution in [3.63, 3.8) is 0 Å². The molecule has 1 heterocycles. The minimum Gasteiger partial charge on any atom is -0.395 e. The van der Waals surface area contributed by atoms with Crippen LogP contribution in [-0.4, -0.2) is 34.7 Å². The average Bonchev–Trinajstić information content (AvgIpc) is 2.23. The number of hydrogen-bond donors (Lipinski definition) is 1. The molecule has 0 spiro atoms. The number of aromatic nitrogens is 1. The Morgan fingerprint density at radius 3 is 2.59 bits per heavy atom. The van der Waals surface area contributed by atoms with E-state index in [0.29, 0.717) is 23.3 Å². The van der Waals surface area contributed by atoms with Gasteiger partial charge < -0.3 is 5.11 Å². The molecular formula is C12H18Cl2N2O. The maximum absolute atomic E-state index is 9.00. The molecule has 0 fully saturated rings. The topological polar surface area (TPSA) is 36.4 Å². The second-order valence-corrected chi connectivity index (χ2v) is 4.78. The van der Waals surface area contributed by atoms with Crippen LogP contribution in [0.15, 0.2) is 6.07 Å². The maximum atomic E-state index is 9.00. The Morgan fingerprint density at radius 1 is 1.35 bits per heavy atom. The highest BCUT2D eigenvalue weighted by Crippen LogP contribution is 2.25. The second-order valence-electron chi connectivity index (χ2n) is 4.01. The van der Waals surface area contributed by atoms with E-state index in [0.717, 1.165) is 24.2 Å². The van der Waals surface area contributed by atoms with E-state index < -0.39 is 0 Å². The zero-order valence-electron chi connectivity index (χ0n) is 10.2. The molecule has 1 rings (SSSR count). The standard InChI is InChI=1S/C12H18Cl2N2O/c1-3-4-16(5-6-17)8-10-11(13)7-9(2)15-12(10)14/h7,17H,3-6,8H2,1-2H3. The van der Waals surface area contributed by atoms with Gasteiger partial charge in [0.2, 0.25) is 0 Å². The maximum Gasteiger partial charge on any atom is 0.135 e. The van der Waals surface area contributed by atoms with Gasteiger partial charge in [0.25, 0.3) is 0 Å². The minimum absolute atomic E-state index is 0.133. The third kappa shape index (κ3) is 4.43. The van der Waals surface area contributed by atoms with Crippen molar-refractivity contribution in [2.24, 2.45) is 0 Å². The van der Waals surface area contributed by atoms with E-state index in [1.165, 1.54) is 0 Å². The van der Waals surface area contributed by atoms with Crippen LogP contribution >= 0.6 is 23.2 Å². The van der Waals surface area contributed by atoms with E-state index in [1.54, 1.807) is 0 Å². The van der Waals surface area contributed by atoms with Gasteiger partial charge in [-0.15, -0.1) is 0 Å². The first-order valence-corrected chi connectivity index (χ1v) is 6.48. The summed E-state index contributed by atoms with van der Waals surface area (Å²) in [5, 5.41) is 10.1. The molecule has 0 aliphatic rings. The molecule has 96 valence electrons. The Bertz CT molecular complexity index is 343. The van der Waals surface area contributed by atoms with Crippen LogP contribution in [0.4, 0.5) is 0 Å². The predicted octanol–water partition coefficient (Wildman–Crippen LogP) is 2.90. The van der Waals surface area contributed by atoms with Crippen molar-refractivity contribution < 1.29 is 5.11 Å². The lowest BCUT2D eigenvalue weighted by molar-refractivity contribution is 0.190. The van der Waals surface area contributed by atoms with Gasteiger partial charge in [0.05, 0.1) is 6.61 Å². The van der Waals surface area contributed by atoms with Crippen molar-refractivity contribution in [1.29, 1.82) is 0 Å². The second kappa shape index (κ2) is 7.17. The van der Waals surface area contributed by atoms with Crippen LogP contribution in [0.2, 0.25) is 10.2 Å². The van der Waals surface area contributed by atoms with Crippen molar-refractivity contribution in [2.45, 2.75) is 26.8 Å². The summed E-state index contributed by atoms with van der Waals surface area (Å²) in [4.78, 5) is 6.31. The number of nitrogens with zero attached hydrogens (tertiary/aromatic N) is 2. The lowest BCUT2D eigenvalue weighted by Crippen LogP contribution is -2.27. The number of halogens is 2. The van der Waals surface area contributed by atoms with Gasteiger partial charge >= 0.3 is 0 Å². The summed E-state index contributed by atoms with van der Waals surface area (Å²) in [6, 6.07) is 1.81. The van der Waals surface area contributed by atoms with Gasteiger partial charge in [0, 0.05) is 29.4 Å². The van der Waals surface area contributed by atoms with Crippen LogP contribution in [0.25, 0.3) is 0 Å². The van der Waals surface area contributed by atoms with Crippen LogP contribution in [0.5, 0.6) is 0 Å². The molecule has 0 aromatic carbocycles. The minimum atomic E-state index is 0.133. The molecule has 17 heavy (non-hydrogen) atoms. The monoisotopic (exact) mass is 276 g/mol. The highest BCUT2D eigenvalue weighted by Gasteiger charge is 2.12. The lowest BCUT2D eigenvalue weighted by Gasteiger charge is -2.21. The SMILES string of the molecule is CCCN(CCO)Cc1c(Cl)cc(C)nc1Cl. The third-order valence-electron chi connectivity index (χ3n) is 2.49. The fourth-order valence-corrected chi connectivity index (χ4v) is 2.37. The Kier molecular flexibility index (Phi) is 6.20. The van der Waals surface area contributed by atoms with Gasteiger partial charge in [-0.25, -0.2) is 4.98 Å². The molecule has 5 heteroatoms. The number of aliphatic hydroxyl groups excluding tert-OH is 1. The molecule has 1 aromatic heterocycles. The highest BCUT2D eigenvalue weighted by atomic mass is 35.5. The Balaban J connectivity index is 2.84. The molecule has 0 atom stereocenters. The first-order chi connectivity index (χ1) is 8.08. The normalized spacial score (nSPS) is 11.2. The van der Waals surface area contributed by atoms with E-state index in [-0.39, 0.29) is 6.61 Å². The van der Waals surface area contributed by atoms with Crippen molar-refractivity contribution in [2.75, 3.05) is 19.7 Å². The van der Waals surface area contributed by atoms with E-state index in [1.807, 2.05) is 13.0 Å². The summed E-state index contributed by atoms with van der Waals surface area (Å²) in [6.45, 7) is 6.24. The largest absolute Gasteiger partial charge is 0.395 e. The zero-order valence-corrected chi connectivity index (χ0v) is 11.7. The summed E-state index contributed by atoms with van der Waals surface area (Å²) in [7, 11) is 0. The summed E-state index contributed by atoms with van der Waals surface area (Å²) in [6.07, 6.45) is 1.02. The lowest BCUT2D eigenvalue weighted by atomic mass is 10.2. The average molecular weight is 277 g/mol. The molecule has 0 saturated heterocycles. The van der Waals surface area contributed by atoms with Crippen molar-refractivity contribution in [1.82, 2.24) is 9.88 Å². The third-order valence-corrected chi connectivity index (χ3v) is 3.14. The summed E-state index contributed by atoms with van der Waals surface area (Å²) < 4.78 is 0. The van der Waals surface area contributed by atoms with E-state index in [2.05, 4.69) is 16.8 Å². The van der Waals surface area contributed by atoms with Crippen LogP contribution in [-0.2, 0) is 6.54 Å². The number of rotatable bonds is 6. The van der Waals surface area contributed by atoms with E-state index >= 15 is 0 Å². The molecule has 0 aliphatic heterocycles. The van der Waals surface area contributed by atoms with E-state index in [9.17, 15) is 0 Å². The quantitative estimate of drug-likeness (QED) is 0.812. The van der Waals surface area contributed by atoms with Gasteiger partial charge in [-0.05, 0) is 26.0 Å². The number of aryl methyl sites for hydroxylation is 1. The molecule has 0 saturated carbocycles. The molecule has 0 radical (unpaired) electrons. The molecule has 0 aliphatic carbocycles. The van der Waals surface area contributed by atoms with Crippen LogP contribution in [0, 0.1) is 6.92 Å². The highest BCUT2D eigenvalue weighted by molar-refractivity contribution is 6.35. The van der Waals surface area contributed by atoms with Gasteiger partial charge in [0.1, 0.15) is 5.15 Å². The predicted molar refractivity (Wildman–Crippen MR) is 71.6 cm³/mol. The van der Waals surface area contributed by atoms with Gasteiger partial charge in [-0.3, -0.25) is 4.90 Å². The van der Waals surface area contributed by atoms with Crippen LogP contribution in [0.1, 0.15) is 24.6 Å². The fraction of sp³-hybridized carbons (Fsp3) is 0.583. The van der Waals surface area contributed by atoms with Gasteiger partial charge in [0.15, 0.2) is 0 Å². The number of hydrogen-bond acceptors (Lipinski definition) is 3. The van der Waals surface area contributed by atoms with Crippen molar-refractivity contribution in [3.05, 3.63) is 27.5 Å². The van der Waals surface area contributed by atoms with Crippen molar-refractivity contribution in [3.8, 4) is 0 Å². The number of aliphatic hydroxyl groups is 1. The first-order valence-electron chi connectivity index (χ1n) is 5.73. The van der Waals surface area contributed by atoms with Crippen LogP contribution in [0.3, 0.4) is 0 Å². The van der Waals surface area contributed by atoms with E-state index in [4.69, 9.17) is 28.3 Å². The van der Waals surface area contributed by atoms with Crippen molar-refractivity contribution >= 4 is 23.2 Å². The molecular weight excluding hydrogens is 259 g/mol. The summed E-state index contributed by atoms with van der Waals surface area (Å²) >= 11 is 12.3. The number of pyridine rings is 1. The summed E-state index contributed by atoms with van der Waals surface area (Å²) in [5.41, 5.74) is 1.65. The zero-order chi connectivity index (χ0) is 12.8. The molecule has 3 nitrogen and oxygen atoms in total. The van der Waals surface area contributed by atoms with Gasteiger partial charge in [-0.2, -0.15) is 0 Å². The molecule has 1 aromatic rings. The van der Waals surface area contributed by atoms with Crippen LogP contribution < -0.4 is 0 Å². The fourth-order valence-electron chi connectivity index (χ4n) is 1.72. The molecule has 1 N–H and O–H groups in total.